The highest BCUT2D eigenvalue weighted by Crippen LogP contribution is 2.24. The zero-order valence-electron chi connectivity index (χ0n) is 9.86. The van der Waals surface area contributed by atoms with Crippen LogP contribution in [0.3, 0.4) is 0 Å². The van der Waals surface area contributed by atoms with E-state index in [0.717, 1.165) is 32.0 Å². The highest BCUT2D eigenvalue weighted by atomic mass is 79.9. The van der Waals surface area contributed by atoms with Crippen molar-refractivity contribution < 1.29 is 4.39 Å². The first-order valence-electron chi connectivity index (χ1n) is 5.73. The molecule has 2 nitrogen and oxygen atoms in total. The van der Waals surface area contributed by atoms with Gasteiger partial charge in [-0.05, 0) is 35.9 Å². The molecule has 3 aromatic rings. The number of hydrogen-bond donors (Lipinski definition) is 1. The molecule has 19 heavy (non-hydrogen) atoms. The summed E-state index contributed by atoms with van der Waals surface area (Å²) >= 11 is 5.04. The molecule has 0 bridgehead atoms. The van der Waals surface area contributed by atoms with E-state index < -0.39 is 0 Å². The minimum Gasteiger partial charge on any atom is -0.333 e. The molecule has 0 radical (unpaired) electrons. The van der Waals surface area contributed by atoms with Gasteiger partial charge in [0.2, 0.25) is 0 Å². The maximum absolute atomic E-state index is 12.8. The van der Waals surface area contributed by atoms with Gasteiger partial charge >= 0.3 is 0 Å². The molecule has 2 aromatic carbocycles. The van der Waals surface area contributed by atoms with E-state index in [1.54, 1.807) is 23.9 Å². The first-order valence-corrected chi connectivity index (χ1v) is 7.51. The van der Waals surface area contributed by atoms with E-state index in [2.05, 4.69) is 25.9 Å². The molecule has 1 N–H and O–H groups in total. The number of aromatic nitrogens is 2. The van der Waals surface area contributed by atoms with Crippen LogP contribution >= 0.6 is 27.7 Å². The van der Waals surface area contributed by atoms with Gasteiger partial charge in [-0.2, -0.15) is 0 Å². The molecule has 5 heteroatoms. The normalized spacial score (nSPS) is 11.1. The van der Waals surface area contributed by atoms with Crippen molar-refractivity contribution in [3.8, 4) is 0 Å². The number of halogens is 2. The van der Waals surface area contributed by atoms with E-state index in [9.17, 15) is 4.39 Å². The first-order chi connectivity index (χ1) is 9.20. The van der Waals surface area contributed by atoms with E-state index in [-0.39, 0.29) is 5.82 Å². The van der Waals surface area contributed by atoms with Crippen LogP contribution < -0.4 is 0 Å². The van der Waals surface area contributed by atoms with E-state index >= 15 is 0 Å². The average molecular weight is 337 g/mol. The number of hydrogen-bond acceptors (Lipinski definition) is 2. The van der Waals surface area contributed by atoms with Crippen LogP contribution in [0.4, 0.5) is 4.39 Å². The SMILES string of the molecule is Fc1ccc(CSc2nc3ccc(Br)cc3[nH]2)cc1. The van der Waals surface area contributed by atoms with Gasteiger partial charge in [-0.25, -0.2) is 9.37 Å². The summed E-state index contributed by atoms with van der Waals surface area (Å²) < 4.78 is 13.8. The molecule has 0 spiro atoms. The predicted molar refractivity (Wildman–Crippen MR) is 79.8 cm³/mol. The number of thioether (sulfide) groups is 1. The zero-order chi connectivity index (χ0) is 13.2. The molecule has 0 atom stereocenters. The lowest BCUT2D eigenvalue weighted by Gasteiger charge is -1.98. The molecule has 0 fully saturated rings. The third kappa shape index (κ3) is 2.98. The second-order valence-electron chi connectivity index (χ2n) is 4.12. The van der Waals surface area contributed by atoms with Crippen molar-refractivity contribution in [2.45, 2.75) is 10.9 Å². The highest BCUT2D eigenvalue weighted by Gasteiger charge is 2.04. The number of H-pyrrole nitrogens is 1. The van der Waals surface area contributed by atoms with Crippen molar-refractivity contribution in [3.63, 3.8) is 0 Å². The van der Waals surface area contributed by atoms with Crippen molar-refractivity contribution in [2.24, 2.45) is 0 Å². The van der Waals surface area contributed by atoms with Gasteiger partial charge in [0.15, 0.2) is 5.16 Å². The van der Waals surface area contributed by atoms with E-state index in [0.29, 0.717) is 0 Å². The molecule has 1 heterocycles. The van der Waals surface area contributed by atoms with Crippen LogP contribution in [0.1, 0.15) is 5.56 Å². The molecular formula is C14H10BrFN2S. The number of fused-ring (bicyclic) bond motifs is 1. The molecule has 0 unspecified atom stereocenters. The summed E-state index contributed by atoms with van der Waals surface area (Å²) in [7, 11) is 0. The fourth-order valence-electron chi connectivity index (χ4n) is 1.76. The molecule has 1 aromatic heterocycles. The Hall–Kier alpha value is -1.33. The molecule has 96 valence electrons. The predicted octanol–water partition coefficient (Wildman–Crippen LogP) is 4.76. The lowest BCUT2D eigenvalue weighted by Crippen LogP contribution is -1.82. The molecule has 0 aliphatic heterocycles. The van der Waals surface area contributed by atoms with Crippen LogP contribution in [-0.4, -0.2) is 9.97 Å². The maximum Gasteiger partial charge on any atom is 0.166 e. The second-order valence-corrected chi connectivity index (χ2v) is 6.00. The van der Waals surface area contributed by atoms with E-state index in [4.69, 9.17) is 0 Å². The fraction of sp³-hybridized carbons (Fsp3) is 0.0714. The third-order valence-electron chi connectivity index (χ3n) is 2.71. The standard InChI is InChI=1S/C14H10BrFN2S/c15-10-3-6-12-13(7-10)18-14(17-12)19-8-9-1-4-11(16)5-2-9/h1-7H,8H2,(H,17,18). The average Bonchev–Trinajstić information content (AvgIpc) is 2.80. The van der Waals surface area contributed by atoms with Crippen LogP contribution in [0.2, 0.25) is 0 Å². The number of nitrogens with one attached hydrogen (secondary N) is 1. The van der Waals surface area contributed by atoms with Crippen molar-refractivity contribution in [3.05, 3.63) is 58.3 Å². The minimum atomic E-state index is -0.206. The van der Waals surface area contributed by atoms with Crippen LogP contribution in [0.25, 0.3) is 11.0 Å². The molecule has 0 aliphatic rings. The maximum atomic E-state index is 12.8. The zero-order valence-corrected chi connectivity index (χ0v) is 12.3. The Morgan fingerprint density at radius 2 is 1.95 bits per heavy atom. The first kappa shape index (κ1) is 12.7. The van der Waals surface area contributed by atoms with Crippen molar-refractivity contribution in [1.29, 1.82) is 0 Å². The van der Waals surface area contributed by atoms with Gasteiger partial charge in [0.05, 0.1) is 11.0 Å². The third-order valence-corrected chi connectivity index (χ3v) is 4.15. The Balaban J connectivity index is 1.76. The molecule has 3 rings (SSSR count). The van der Waals surface area contributed by atoms with Gasteiger partial charge in [-0.3, -0.25) is 0 Å². The van der Waals surface area contributed by atoms with Gasteiger partial charge < -0.3 is 4.98 Å². The van der Waals surface area contributed by atoms with Crippen molar-refractivity contribution >= 4 is 38.7 Å². The van der Waals surface area contributed by atoms with Crippen LogP contribution in [0.5, 0.6) is 0 Å². The summed E-state index contributed by atoms with van der Waals surface area (Å²) in [6.45, 7) is 0. The van der Waals surface area contributed by atoms with E-state index in [1.165, 1.54) is 12.1 Å². The second kappa shape index (κ2) is 5.35. The van der Waals surface area contributed by atoms with Crippen molar-refractivity contribution in [2.75, 3.05) is 0 Å². The summed E-state index contributed by atoms with van der Waals surface area (Å²) in [5, 5.41) is 0.873. The van der Waals surface area contributed by atoms with Gasteiger partial charge in [0.25, 0.3) is 0 Å². The van der Waals surface area contributed by atoms with E-state index in [1.807, 2.05) is 18.2 Å². The molecular weight excluding hydrogens is 327 g/mol. The molecule has 0 saturated heterocycles. The summed E-state index contributed by atoms with van der Waals surface area (Å²) in [6, 6.07) is 12.5. The summed E-state index contributed by atoms with van der Waals surface area (Å²) in [5.74, 6) is 0.559. The van der Waals surface area contributed by atoms with Crippen LogP contribution in [-0.2, 0) is 5.75 Å². The topological polar surface area (TPSA) is 28.7 Å². The van der Waals surface area contributed by atoms with Crippen molar-refractivity contribution in [1.82, 2.24) is 9.97 Å². The molecule has 0 amide bonds. The lowest BCUT2D eigenvalue weighted by atomic mass is 10.2. The Morgan fingerprint density at radius 3 is 2.74 bits per heavy atom. The smallest absolute Gasteiger partial charge is 0.166 e. The van der Waals surface area contributed by atoms with Gasteiger partial charge in [-0.1, -0.05) is 39.8 Å². The van der Waals surface area contributed by atoms with Crippen LogP contribution in [0, 0.1) is 5.82 Å². The largest absolute Gasteiger partial charge is 0.333 e. The molecule has 0 saturated carbocycles. The quantitative estimate of drug-likeness (QED) is 0.698. The van der Waals surface area contributed by atoms with Crippen LogP contribution in [0.15, 0.2) is 52.1 Å². The van der Waals surface area contributed by atoms with Gasteiger partial charge in [0, 0.05) is 10.2 Å². The number of imidazole rings is 1. The number of benzene rings is 2. The van der Waals surface area contributed by atoms with Gasteiger partial charge in [-0.15, -0.1) is 0 Å². The Labute approximate surface area is 122 Å². The van der Waals surface area contributed by atoms with Gasteiger partial charge in [0.1, 0.15) is 5.82 Å². The molecule has 0 aliphatic carbocycles. The number of aromatic amines is 1. The minimum absolute atomic E-state index is 0.206. The summed E-state index contributed by atoms with van der Waals surface area (Å²) in [5.41, 5.74) is 3.04. The fourth-order valence-corrected chi connectivity index (χ4v) is 2.96. The Kier molecular flexibility index (Phi) is 3.57. The summed E-state index contributed by atoms with van der Waals surface area (Å²) in [4.78, 5) is 7.76. The highest BCUT2D eigenvalue weighted by molar-refractivity contribution is 9.10. The summed E-state index contributed by atoms with van der Waals surface area (Å²) in [6.07, 6.45) is 0. The Morgan fingerprint density at radius 1 is 1.16 bits per heavy atom. The number of rotatable bonds is 3. The lowest BCUT2D eigenvalue weighted by molar-refractivity contribution is 0.627. The monoisotopic (exact) mass is 336 g/mol. The Bertz CT molecular complexity index is 709. The number of nitrogens with zero attached hydrogens (tertiary/aromatic N) is 1.